The van der Waals surface area contributed by atoms with Gasteiger partial charge in [-0.2, -0.15) is 0 Å². The van der Waals surface area contributed by atoms with Crippen molar-refractivity contribution in [3.05, 3.63) is 24.3 Å². The summed E-state index contributed by atoms with van der Waals surface area (Å²) >= 11 is 0. The Morgan fingerprint density at radius 3 is 2.67 bits per heavy atom. The van der Waals surface area contributed by atoms with Gasteiger partial charge >= 0.3 is 0 Å². The summed E-state index contributed by atoms with van der Waals surface area (Å²) in [5.41, 5.74) is 6.41. The van der Waals surface area contributed by atoms with E-state index in [9.17, 15) is 0 Å². The molecule has 0 aliphatic carbocycles. The molecule has 1 rings (SSSR count). The molecule has 0 fully saturated rings. The zero-order valence-corrected chi connectivity index (χ0v) is 9.24. The van der Waals surface area contributed by atoms with Gasteiger partial charge in [0.25, 0.3) is 0 Å². The third-order valence-electron chi connectivity index (χ3n) is 1.96. The number of ether oxygens (including phenoxy) is 2. The van der Waals surface area contributed by atoms with E-state index in [1.807, 2.05) is 24.3 Å². The van der Waals surface area contributed by atoms with Crippen molar-refractivity contribution in [1.29, 1.82) is 0 Å². The van der Waals surface area contributed by atoms with Crippen molar-refractivity contribution in [2.45, 2.75) is 19.8 Å². The molecule has 0 aromatic heterocycles. The maximum Gasteiger partial charge on any atom is 0.142 e. The van der Waals surface area contributed by atoms with Crippen molar-refractivity contribution in [3.63, 3.8) is 0 Å². The first-order chi connectivity index (χ1) is 7.34. The molecule has 0 saturated heterocycles. The molecule has 0 spiro atoms. The minimum Gasteiger partial charge on any atom is -0.491 e. The number of rotatable bonds is 7. The first-order valence-corrected chi connectivity index (χ1v) is 5.39. The predicted molar refractivity (Wildman–Crippen MR) is 62.1 cm³/mol. The van der Waals surface area contributed by atoms with Crippen LogP contribution < -0.4 is 10.5 Å². The highest BCUT2D eigenvalue weighted by Gasteiger charge is 1.97. The van der Waals surface area contributed by atoms with Crippen LogP contribution >= 0.6 is 0 Å². The van der Waals surface area contributed by atoms with Crippen LogP contribution in [0.3, 0.4) is 0 Å². The molecule has 0 heterocycles. The second-order valence-corrected chi connectivity index (χ2v) is 3.35. The summed E-state index contributed by atoms with van der Waals surface area (Å²) in [4.78, 5) is 0. The lowest BCUT2D eigenvalue weighted by molar-refractivity contribution is 0.120. The first-order valence-electron chi connectivity index (χ1n) is 5.39. The van der Waals surface area contributed by atoms with Gasteiger partial charge in [0.05, 0.1) is 12.3 Å². The molecule has 0 unspecified atom stereocenters. The summed E-state index contributed by atoms with van der Waals surface area (Å²) in [6.45, 7) is 4.33. The maximum atomic E-state index is 5.73. The van der Waals surface area contributed by atoms with Crippen LogP contribution in [-0.4, -0.2) is 19.8 Å². The molecule has 0 aliphatic rings. The summed E-state index contributed by atoms with van der Waals surface area (Å²) in [5.74, 6) is 0.757. The van der Waals surface area contributed by atoms with Crippen molar-refractivity contribution < 1.29 is 9.47 Å². The normalized spacial score (nSPS) is 10.2. The van der Waals surface area contributed by atoms with Crippen LogP contribution in [-0.2, 0) is 4.74 Å². The van der Waals surface area contributed by atoms with E-state index < -0.39 is 0 Å². The Kier molecular flexibility index (Phi) is 5.63. The van der Waals surface area contributed by atoms with Crippen molar-refractivity contribution in [1.82, 2.24) is 0 Å². The van der Waals surface area contributed by atoms with Gasteiger partial charge in [0, 0.05) is 19.6 Å². The van der Waals surface area contributed by atoms with Crippen molar-refractivity contribution in [2.24, 2.45) is 0 Å². The number of anilines is 1. The third kappa shape index (κ3) is 4.70. The SMILES string of the molecule is CCCOCCCOc1ccccc1N. The predicted octanol–water partition coefficient (Wildman–Crippen LogP) is 2.46. The molecule has 0 radical (unpaired) electrons. The Labute approximate surface area is 91.2 Å². The van der Waals surface area contributed by atoms with Gasteiger partial charge in [-0.05, 0) is 18.6 Å². The highest BCUT2D eigenvalue weighted by atomic mass is 16.5. The van der Waals surface area contributed by atoms with Gasteiger partial charge < -0.3 is 15.2 Å². The summed E-state index contributed by atoms with van der Waals surface area (Å²) in [7, 11) is 0. The lowest BCUT2D eigenvalue weighted by Gasteiger charge is -2.08. The zero-order chi connectivity index (χ0) is 10.9. The molecule has 15 heavy (non-hydrogen) atoms. The fraction of sp³-hybridized carbons (Fsp3) is 0.500. The van der Waals surface area contributed by atoms with Gasteiger partial charge in [-0.1, -0.05) is 19.1 Å². The number of nitrogens with two attached hydrogens (primary N) is 1. The van der Waals surface area contributed by atoms with Crippen LogP contribution in [0.25, 0.3) is 0 Å². The van der Waals surface area contributed by atoms with E-state index in [1.54, 1.807) is 0 Å². The largest absolute Gasteiger partial charge is 0.491 e. The van der Waals surface area contributed by atoms with E-state index in [-0.39, 0.29) is 0 Å². The van der Waals surface area contributed by atoms with Crippen LogP contribution in [0.4, 0.5) is 5.69 Å². The number of benzene rings is 1. The van der Waals surface area contributed by atoms with Crippen LogP contribution in [0, 0.1) is 0 Å². The number of hydrogen-bond acceptors (Lipinski definition) is 3. The highest BCUT2D eigenvalue weighted by Crippen LogP contribution is 2.19. The quantitative estimate of drug-likeness (QED) is 0.554. The minimum absolute atomic E-state index is 0.651. The molecule has 3 heteroatoms. The Balaban J connectivity index is 2.12. The Bertz CT molecular complexity index is 276. The van der Waals surface area contributed by atoms with E-state index in [1.165, 1.54) is 0 Å². The molecule has 0 atom stereocenters. The maximum absolute atomic E-state index is 5.73. The lowest BCUT2D eigenvalue weighted by atomic mass is 10.3. The summed E-state index contributed by atoms with van der Waals surface area (Å²) in [6.07, 6.45) is 1.96. The smallest absolute Gasteiger partial charge is 0.142 e. The van der Waals surface area contributed by atoms with E-state index in [0.29, 0.717) is 12.3 Å². The second-order valence-electron chi connectivity index (χ2n) is 3.35. The van der Waals surface area contributed by atoms with E-state index in [0.717, 1.165) is 31.8 Å². The lowest BCUT2D eigenvalue weighted by Crippen LogP contribution is -2.04. The minimum atomic E-state index is 0.651. The van der Waals surface area contributed by atoms with Gasteiger partial charge in [-0.25, -0.2) is 0 Å². The first kappa shape index (κ1) is 11.9. The molecule has 3 nitrogen and oxygen atoms in total. The summed E-state index contributed by atoms with van der Waals surface area (Å²) < 4.78 is 10.9. The van der Waals surface area contributed by atoms with Crippen LogP contribution in [0.15, 0.2) is 24.3 Å². The second kappa shape index (κ2) is 7.12. The Morgan fingerprint density at radius 1 is 1.13 bits per heavy atom. The van der Waals surface area contributed by atoms with Gasteiger partial charge in [-0.3, -0.25) is 0 Å². The molecule has 1 aromatic rings. The molecule has 0 amide bonds. The monoisotopic (exact) mass is 209 g/mol. The van der Waals surface area contributed by atoms with E-state index in [2.05, 4.69) is 6.92 Å². The summed E-state index contributed by atoms with van der Waals surface area (Å²) in [6, 6.07) is 7.52. The molecule has 84 valence electrons. The molecule has 2 N–H and O–H groups in total. The van der Waals surface area contributed by atoms with Crippen LogP contribution in [0.1, 0.15) is 19.8 Å². The van der Waals surface area contributed by atoms with Gasteiger partial charge in [0.15, 0.2) is 0 Å². The highest BCUT2D eigenvalue weighted by molar-refractivity contribution is 5.51. The third-order valence-corrected chi connectivity index (χ3v) is 1.96. The van der Waals surface area contributed by atoms with Crippen LogP contribution in [0.5, 0.6) is 5.75 Å². The average molecular weight is 209 g/mol. The molecule has 0 saturated carbocycles. The van der Waals surface area contributed by atoms with Crippen molar-refractivity contribution in [3.8, 4) is 5.75 Å². The summed E-state index contributed by atoms with van der Waals surface area (Å²) in [5, 5.41) is 0. The average Bonchev–Trinajstić information content (AvgIpc) is 2.25. The fourth-order valence-electron chi connectivity index (χ4n) is 1.20. The van der Waals surface area contributed by atoms with Crippen molar-refractivity contribution in [2.75, 3.05) is 25.6 Å². The number of para-hydroxylation sites is 2. The van der Waals surface area contributed by atoms with E-state index in [4.69, 9.17) is 15.2 Å². The topological polar surface area (TPSA) is 44.5 Å². The Hall–Kier alpha value is -1.22. The van der Waals surface area contributed by atoms with Crippen molar-refractivity contribution >= 4 is 5.69 Å². The van der Waals surface area contributed by atoms with Gasteiger partial charge in [-0.15, -0.1) is 0 Å². The molecule has 1 aromatic carbocycles. The zero-order valence-electron chi connectivity index (χ0n) is 9.24. The van der Waals surface area contributed by atoms with Gasteiger partial charge in [0.1, 0.15) is 5.75 Å². The number of hydrogen-bond donors (Lipinski definition) is 1. The fourth-order valence-corrected chi connectivity index (χ4v) is 1.20. The number of nitrogen functional groups attached to an aromatic ring is 1. The Morgan fingerprint density at radius 2 is 1.93 bits per heavy atom. The van der Waals surface area contributed by atoms with E-state index >= 15 is 0 Å². The molecule has 0 bridgehead atoms. The van der Waals surface area contributed by atoms with Gasteiger partial charge in [0.2, 0.25) is 0 Å². The standard InChI is InChI=1S/C12H19NO2/c1-2-8-14-9-5-10-15-12-7-4-3-6-11(12)13/h3-4,6-7H,2,5,8-10,13H2,1H3. The molecule has 0 aliphatic heterocycles. The molecular formula is C12H19NO2. The van der Waals surface area contributed by atoms with Crippen LogP contribution in [0.2, 0.25) is 0 Å². The molecular weight excluding hydrogens is 190 g/mol.